The molecule has 0 aromatic rings. The molecule has 0 fully saturated rings. The van der Waals surface area contributed by atoms with E-state index in [0.29, 0.717) is 0 Å². The topological polar surface area (TPSA) is 127 Å². The van der Waals surface area contributed by atoms with E-state index in [1.54, 1.807) is 0 Å². The van der Waals surface area contributed by atoms with Gasteiger partial charge in [0.15, 0.2) is 0 Å². The van der Waals surface area contributed by atoms with Crippen molar-refractivity contribution in [1.82, 2.24) is 0 Å². The van der Waals surface area contributed by atoms with Crippen LogP contribution in [0.2, 0.25) is 0 Å². The molecule has 0 unspecified atom stereocenters. The van der Waals surface area contributed by atoms with Crippen LogP contribution in [0.15, 0.2) is 0 Å². The average Bonchev–Trinajstić information content (AvgIpc) is 1.91. The first-order valence-electron chi connectivity index (χ1n) is 4.52. The Morgan fingerprint density at radius 2 is 1.00 bits per heavy atom. The molecule has 0 aromatic heterocycles. The Kier molecular flexibility index (Phi) is 4.92. The van der Waals surface area contributed by atoms with Crippen LogP contribution in [-0.2, 0) is 29.2 Å². The van der Waals surface area contributed by atoms with E-state index >= 15 is 0 Å². The molecule has 0 aliphatic heterocycles. The van der Waals surface area contributed by atoms with Crippen LogP contribution in [0.3, 0.4) is 0 Å². The Morgan fingerprint density at radius 1 is 0.778 bits per heavy atom. The lowest BCUT2D eigenvalue weighted by molar-refractivity contribution is 0.144. The predicted molar refractivity (Wildman–Crippen MR) is 61.2 cm³/mol. The Bertz CT molecular complexity index is 508. The van der Waals surface area contributed by atoms with E-state index in [-0.39, 0.29) is 0 Å². The third-order valence-corrected chi connectivity index (χ3v) is 2.55. The second-order valence-electron chi connectivity index (χ2n) is 4.29. The van der Waals surface area contributed by atoms with Crippen molar-refractivity contribution in [2.45, 2.75) is 38.9 Å². The molecule has 18 heavy (non-hydrogen) atoms. The summed E-state index contributed by atoms with van der Waals surface area (Å²) < 4.78 is 67.4. The first-order chi connectivity index (χ1) is 7.62. The summed E-state index contributed by atoms with van der Waals surface area (Å²) in [5.41, 5.74) is -3.18. The average molecular weight is 302 g/mol. The molecule has 0 atom stereocenters. The minimum Gasteiger partial charge on any atom is -0.263 e. The fraction of sp³-hybridized carbons (Fsp3) is 0.750. The van der Waals surface area contributed by atoms with Crippen molar-refractivity contribution in [2.24, 2.45) is 0 Å². The van der Waals surface area contributed by atoms with E-state index in [9.17, 15) is 16.8 Å². The van der Waals surface area contributed by atoms with Crippen LogP contribution >= 0.6 is 0 Å². The maximum atomic E-state index is 10.5. The molecule has 0 heterocycles. The lowest BCUT2D eigenvalue weighted by Crippen LogP contribution is -2.29. The minimum atomic E-state index is -4.70. The molecule has 0 aliphatic carbocycles. The Labute approximate surface area is 106 Å². The van der Waals surface area contributed by atoms with E-state index in [1.165, 1.54) is 27.7 Å². The second-order valence-corrected chi connectivity index (χ2v) is 6.34. The largest absolute Gasteiger partial charge is 0.398 e. The van der Waals surface area contributed by atoms with Crippen molar-refractivity contribution in [3.63, 3.8) is 0 Å². The van der Waals surface area contributed by atoms with Gasteiger partial charge in [-0.3, -0.25) is 9.11 Å². The molecular weight excluding hydrogens is 288 g/mol. The maximum Gasteiger partial charge on any atom is 0.398 e. The molecule has 0 aromatic carbocycles. The van der Waals surface area contributed by atoms with Gasteiger partial charge in [-0.15, -0.1) is 0 Å². The number of rotatable bonds is 4. The van der Waals surface area contributed by atoms with Crippen LogP contribution in [-0.4, -0.2) is 37.1 Å². The van der Waals surface area contributed by atoms with E-state index in [0.717, 1.165) is 0 Å². The zero-order valence-corrected chi connectivity index (χ0v) is 11.8. The highest BCUT2D eigenvalue weighted by Gasteiger charge is 2.26. The highest BCUT2D eigenvalue weighted by atomic mass is 32.3. The molecule has 0 rings (SSSR count). The normalized spacial score (nSPS) is 13.9. The molecule has 0 bridgehead atoms. The quantitative estimate of drug-likeness (QED) is 0.556. The summed E-state index contributed by atoms with van der Waals surface area (Å²) in [6.07, 6.45) is 0. The molecule has 0 aliphatic rings. The summed E-state index contributed by atoms with van der Waals surface area (Å²) in [6.45, 7) is 4.93. The van der Waals surface area contributed by atoms with Crippen molar-refractivity contribution >= 4 is 20.8 Å². The van der Waals surface area contributed by atoms with Crippen LogP contribution in [0.4, 0.5) is 0 Å². The molecule has 0 spiro atoms. The molecule has 8 nitrogen and oxygen atoms in total. The van der Waals surface area contributed by atoms with Gasteiger partial charge in [0.25, 0.3) is 0 Å². The SMILES string of the molecule is CC(C)(C#CC(C)(C)OS(=O)(=O)O)OS(=O)(=O)O. The highest BCUT2D eigenvalue weighted by molar-refractivity contribution is 7.81. The van der Waals surface area contributed by atoms with Gasteiger partial charge in [0.2, 0.25) is 0 Å². The Morgan fingerprint density at radius 3 is 1.17 bits per heavy atom. The van der Waals surface area contributed by atoms with Crippen LogP contribution < -0.4 is 0 Å². The first kappa shape index (κ1) is 17.3. The zero-order chi connectivity index (χ0) is 14.8. The van der Waals surface area contributed by atoms with E-state index in [4.69, 9.17) is 9.11 Å². The Hall–Kier alpha value is -0.700. The summed E-state index contributed by atoms with van der Waals surface area (Å²) in [7, 11) is -9.39. The first-order valence-corrected chi connectivity index (χ1v) is 7.25. The van der Waals surface area contributed by atoms with Gasteiger partial charge in [-0.25, -0.2) is 8.37 Å². The van der Waals surface area contributed by atoms with Crippen LogP contribution in [0, 0.1) is 11.8 Å². The smallest absolute Gasteiger partial charge is 0.263 e. The van der Waals surface area contributed by atoms with Gasteiger partial charge in [-0.1, -0.05) is 11.8 Å². The van der Waals surface area contributed by atoms with Crippen molar-refractivity contribution in [2.75, 3.05) is 0 Å². The molecule has 0 saturated heterocycles. The molecule has 0 saturated carbocycles. The fourth-order valence-corrected chi connectivity index (χ4v) is 2.01. The molecule has 106 valence electrons. The molecule has 2 N–H and O–H groups in total. The summed E-state index contributed by atoms with van der Waals surface area (Å²) in [5, 5.41) is 0. The van der Waals surface area contributed by atoms with Crippen molar-refractivity contribution in [3.05, 3.63) is 0 Å². The van der Waals surface area contributed by atoms with Crippen molar-refractivity contribution in [3.8, 4) is 11.8 Å². The van der Waals surface area contributed by atoms with Crippen LogP contribution in [0.1, 0.15) is 27.7 Å². The molecular formula is C8H14O8S2. The van der Waals surface area contributed by atoms with Crippen molar-refractivity contribution in [1.29, 1.82) is 0 Å². The lowest BCUT2D eigenvalue weighted by Gasteiger charge is -2.18. The number of hydrogen-bond donors (Lipinski definition) is 2. The van der Waals surface area contributed by atoms with Gasteiger partial charge in [0.05, 0.1) is 0 Å². The standard InChI is InChI=1S/C8H14O8S2/c1-7(2,15-17(9,10)11)5-6-8(3,4)16-18(12,13)14/h1-4H3,(H,9,10,11)(H,12,13,14). The van der Waals surface area contributed by atoms with Crippen LogP contribution in [0.25, 0.3) is 0 Å². The molecule has 10 heteroatoms. The molecule has 0 radical (unpaired) electrons. The summed E-state index contributed by atoms with van der Waals surface area (Å²) >= 11 is 0. The summed E-state index contributed by atoms with van der Waals surface area (Å²) in [4.78, 5) is 0. The van der Waals surface area contributed by atoms with Gasteiger partial charge in [-0.2, -0.15) is 16.8 Å². The second kappa shape index (κ2) is 5.12. The number of hydrogen-bond acceptors (Lipinski definition) is 6. The minimum absolute atomic E-state index is 1.23. The van der Waals surface area contributed by atoms with E-state index in [1.807, 2.05) is 0 Å². The highest BCUT2D eigenvalue weighted by Crippen LogP contribution is 2.15. The monoisotopic (exact) mass is 302 g/mol. The Balaban J connectivity index is 5.06. The summed E-state index contributed by atoms with van der Waals surface area (Å²) in [5.74, 6) is 4.53. The van der Waals surface area contributed by atoms with Gasteiger partial charge in [0.1, 0.15) is 11.2 Å². The van der Waals surface area contributed by atoms with Gasteiger partial charge in [-0.05, 0) is 27.7 Å². The third-order valence-electron chi connectivity index (χ3n) is 1.29. The predicted octanol–water partition coefficient (Wildman–Crippen LogP) is 0.186. The fourth-order valence-electron chi connectivity index (χ4n) is 0.869. The van der Waals surface area contributed by atoms with E-state index in [2.05, 4.69) is 20.2 Å². The van der Waals surface area contributed by atoms with Gasteiger partial charge >= 0.3 is 20.8 Å². The zero-order valence-electron chi connectivity index (χ0n) is 10.2. The summed E-state index contributed by atoms with van der Waals surface area (Å²) in [6, 6.07) is 0. The van der Waals surface area contributed by atoms with Gasteiger partial charge < -0.3 is 0 Å². The van der Waals surface area contributed by atoms with Gasteiger partial charge in [0, 0.05) is 0 Å². The lowest BCUT2D eigenvalue weighted by atomic mass is 10.1. The van der Waals surface area contributed by atoms with Crippen molar-refractivity contribution < 1.29 is 34.3 Å². The molecule has 0 amide bonds. The third kappa shape index (κ3) is 9.34. The van der Waals surface area contributed by atoms with Crippen LogP contribution in [0.5, 0.6) is 0 Å². The maximum absolute atomic E-state index is 10.5. The van der Waals surface area contributed by atoms with E-state index < -0.39 is 32.0 Å².